The third-order valence-corrected chi connectivity index (χ3v) is 4.59. The van der Waals surface area contributed by atoms with Gasteiger partial charge in [0.05, 0.1) is 19.8 Å². The van der Waals surface area contributed by atoms with E-state index >= 15 is 0 Å². The molecule has 2 aliphatic heterocycles. The lowest BCUT2D eigenvalue weighted by molar-refractivity contribution is -0.184. The van der Waals surface area contributed by atoms with Crippen LogP contribution in [-0.4, -0.2) is 56.2 Å². The summed E-state index contributed by atoms with van der Waals surface area (Å²) in [4.78, 5) is 2.52. The molecule has 0 amide bonds. The molecule has 0 aromatic carbocycles. The second-order valence-corrected chi connectivity index (χ2v) is 5.52. The molecule has 3 rings (SSSR count). The Morgan fingerprint density at radius 1 is 0.941 bits per heavy atom. The van der Waals surface area contributed by atoms with Gasteiger partial charge in [0, 0.05) is 31.5 Å². The van der Waals surface area contributed by atoms with E-state index in [0.717, 1.165) is 39.3 Å². The van der Waals surface area contributed by atoms with Gasteiger partial charge in [0.1, 0.15) is 0 Å². The van der Waals surface area contributed by atoms with E-state index in [2.05, 4.69) is 11.9 Å². The van der Waals surface area contributed by atoms with Crippen LogP contribution in [0.25, 0.3) is 0 Å². The summed E-state index contributed by atoms with van der Waals surface area (Å²) in [5, 5.41) is 0. The van der Waals surface area contributed by atoms with Crippen molar-refractivity contribution in [3.8, 4) is 0 Å². The summed E-state index contributed by atoms with van der Waals surface area (Å²) in [5.74, 6) is -0.219. The SMILES string of the molecule is CN(C1CCC2(CC1)OCCO2)C1CCOC1. The van der Waals surface area contributed by atoms with Gasteiger partial charge in [0.25, 0.3) is 0 Å². The van der Waals surface area contributed by atoms with Gasteiger partial charge in [0.2, 0.25) is 0 Å². The second kappa shape index (κ2) is 4.84. The molecular weight excluding hydrogens is 218 g/mol. The number of likely N-dealkylation sites (N-methyl/N-ethyl adjacent to an activating group) is 1. The molecule has 3 fully saturated rings. The molecule has 0 aromatic rings. The summed E-state index contributed by atoms with van der Waals surface area (Å²) in [6.07, 6.45) is 5.66. The van der Waals surface area contributed by atoms with E-state index in [9.17, 15) is 0 Å². The van der Waals surface area contributed by atoms with E-state index in [0.29, 0.717) is 12.1 Å². The van der Waals surface area contributed by atoms with Crippen molar-refractivity contribution in [3.63, 3.8) is 0 Å². The zero-order valence-electron chi connectivity index (χ0n) is 10.7. The predicted octanol–water partition coefficient (Wildman–Crippen LogP) is 1.39. The zero-order chi connectivity index (χ0) is 11.7. The number of nitrogens with zero attached hydrogens (tertiary/aromatic N) is 1. The molecule has 0 bridgehead atoms. The van der Waals surface area contributed by atoms with Crippen molar-refractivity contribution in [2.45, 2.75) is 50.0 Å². The molecule has 1 unspecified atom stereocenters. The minimum atomic E-state index is -0.219. The predicted molar refractivity (Wildman–Crippen MR) is 63.9 cm³/mol. The first-order valence-corrected chi connectivity index (χ1v) is 6.87. The summed E-state index contributed by atoms with van der Waals surface area (Å²) < 4.78 is 17.0. The molecular formula is C13H23NO3. The summed E-state index contributed by atoms with van der Waals surface area (Å²) in [5.41, 5.74) is 0. The van der Waals surface area contributed by atoms with Gasteiger partial charge in [-0.3, -0.25) is 4.90 Å². The first-order chi connectivity index (χ1) is 8.29. The maximum atomic E-state index is 5.77. The summed E-state index contributed by atoms with van der Waals surface area (Å²) >= 11 is 0. The fraction of sp³-hybridized carbons (Fsp3) is 1.00. The highest BCUT2D eigenvalue weighted by molar-refractivity contribution is 4.88. The van der Waals surface area contributed by atoms with Gasteiger partial charge in [-0.15, -0.1) is 0 Å². The average Bonchev–Trinajstić information content (AvgIpc) is 3.01. The summed E-state index contributed by atoms with van der Waals surface area (Å²) in [6.45, 7) is 3.39. The van der Waals surface area contributed by atoms with Crippen LogP contribution in [0.3, 0.4) is 0 Å². The Labute approximate surface area is 103 Å². The third kappa shape index (κ3) is 2.36. The van der Waals surface area contributed by atoms with Crippen molar-refractivity contribution >= 4 is 0 Å². The quantitative estimate of drug-likeness (QED) is 0.731. The molecule has 0 radical (unpaired) electrons. The molecule has 2 saturated heterocycles. The van der Waals surface area contributed by atoms with Gasteiger partial charge in [0.15, 0.2) is 5.79 Å². The summed E-state index contributed by atoms with van der Waals surface area (Å²) in [7, 11) is 2.25. The third-order valence-electron chi connectivity index (χ3n) is 4.59. The van der Waals surface area contributed by atoms with Crippen molar-refractivity contribution in [2.75, 3.05) is 33.5 Å². The Balaban J connectivity index is 1.53. The van der Waals surface area contributed by atoms with Crippen LogP contribution in [0.2, 0.25) is 0 Å². The lowest BCUT2D eigenvalue weighted by Crippen LogP contribution is -2.46. The van der Waals surface area contributed by atoms with Crippen LogP contribution < -0.4 is 0 Å². The monoisotopic (exact) mass is 241 g/mol. The first-order valence-electron chi connectivity index (χ1n) is 6.87. The topological polar surface area (TPSA) is 30.9 Å². The smallest absolute Gasteiger partial charge is 0.168 e. The van der Waals surface area contributed by atoms with Crippen LogP contribution in [0.1, 0.15) is 32.1 Å². The Hall–Kier alpha value is -0.160. The fourth-order valence-corrected chi connectivity index (χ4v) is 3.38. The highest BCUT2D eigenvalue weighted by Gasteiger charge is 2.42. The van der Waals surface area contributed by atoms with E-state index in [1.54, 1.807) is 0 Å². The maximum absolute atomic E-state index is 5.77. The molecule has 1 atom stereocenters. The van der Waals surface area contributed by atoms with Gasteiger partial charge < -0.3 is 14.2 Å². The highest BCUT2D eigenvalue weighted by atomic mass is 16.7. The molecule has 4 heteroatoms. The van der Waals surface area contributed by atoms with E-state index in [-0.39, 0.29) is 5.79 Å². The molecule has 3 aliphatic rings. The number of ether oxygens (including phenoxy) is 3. The van der Waals surface area contributed by atoms with E-state index < -0.39 is 0 Å². The molecule has 1 aliphatic carbocycles. The lowest BCUT2D eigenvalue weighted by Gasteiger charge is -2.40. The van der Waals surface area contributed by atoms with Crippen LogP contribution in [0.5, 0.6) is 0 Å². The number of hydrogen-bond acceptors (Lipinski definition) is 4. The van der Waals surface area contributed by atoms with Gasteiger partial charge in [-0.25, -0.2) is 0 Å². The summed E-state index contributed by atoms with van der Waals surface area (Å²) in [6, 6.07) is 1.31. The average molecular weight is 241 g/mol. The second-order valence-electron chi connectivity index (χ2n) is 5.52. The van der Waals surface area contributed by atoms with Crippen LogP contribution in [0, 0.1) is 0 Å². The molecule has 1 saturated carbocycles. The minimum Gasteiger partial charge on any atom is -0.380 e. The first kappa shape index (κ1) is 11.9. The van der Waals surface area contributed by atoms with Gasteiger partial charge in [-0.05, 0) is 26.3 Å². The highest BCUT2D eigenvalue weighted by Crippen LogP contribution is 2.37. The molecule has 17 heavy (non-hydrogen) atoms. The normalized spacial score (nSPS) is 33.9. The molecule has 1 spiro atoms. The number of rotatable bonds is 2. The molecule has 2 heterocycles. The molecule has 98 valence electrons. The van der Waals surface area contributed by atoms with Crippen LogP contribution in [0.15, 0.2) is 0 Å². The largest absolute Gasteiger partial charge is 0.380 e. The fourth-order valence-electron chi connectivity index (χ4n) is 3.38. The van der Waals surface area contributed by atoms with Crippen LogP contribution in [0.4, 0.5) is 0 Å². The number of hydrogen-bond donors (Lipinski definition) is 0. The molecule has 0 aromatic heterocycles. The minimum absolute atomic E-state index is 0.219. The molecule has 4 nitrogen and oxygen atoms in total. The van der Waals surface area contributed by atoms with Gasteiger partial charge >= 0.3 is 0 Å². The van der Waals surface area contributed by atoms with Crippen LogP contribution >= 0.6 is 0 Å². The molecule has 0 N–H and O–H groups in total. The zero-order valence-corrected chi connectivity index (χ0v) is 10.7. The van der Waals surface area contributed by atoms with E-state index in [1.807, 2.05) is 0 Å². The Morgan fingerprint density at radius 3 is 2.24 bits per heavy atom. The van der Waals surface area contributed by atoms with Crippen molar-refractivity contribution in [1.82, 2.24) is 4.90 Å². The maximum Gasteiger partial charge on any atom is 0.168 e. The van der Waals surface area contributed by atoms with Crippen molar-refractivity contribution in [1.29, 1.82) is 0 Å². The van der Waals surface area contributed by atoms with Crippen molar-refractivity contribution in [3.05, 3.63) is 0 Å². The van der Waals surface area contributed by atoms with Crippen molar-refractivity contribution < 1.29 is 14.2 Å². The van der Waals surface area contributed by atoms with E-state index in [1.165, 1.54) is 19.3 Å². The lowest BCUT2D eigenvalue weighted by atomic mass is 9.88. The van der Waals surface area contributed by atoms with Gasteiger partial charge in [-0.2, -0.15) is 0 Å². The van der Waals surface area contributed by atoms with Crippen LogP contribution in [-0.2, 0) is 14.2 Å². The Kier molecular flexibility index (Phi) is 3.39. The van der Waals surface area contributed by atoms with Crippen molar-refractivity contribution in [2.24, 2.45) is 0 Å². The standard InChI is InChI=1S/C13H23NO3/c1-14(12-4-7-15-10-12)11-2-5-13(6-3-11)16-8-9-17-13/h11-12H,2-10H2,1H3. The van der Waals surface area contributed by atoms with E-state index in [4.69, 9.17) is 14.2 Å². The Morgan fingerprint density at radius 2 is 1.65 bits per heavy atom. The van der Waals surface area contributed by atoms with Gasteiger partial charge in [-0.1, -0.05) is 0 Å². The Bertz CT molecular complexity index is 249.